The van der Waals surface area contributed by atoms with Crippen molar-refractivity contribution in [1.29, 1.82) is 0 Å². The Labute approximate surface area is 172 Å². The number of nitrogens with one attached hydrogen (secondary N) is 1. The largest absolute Gasteiger partial charge is 0.478 e. The molecule has 0 unspecified atom stereocenters. The van der Waals surface area contributed by atoms with Gasteiger partial charge in [-0.15, -0.1) is 0 Å². The maximum atomic E-state index is 12.5. The first-order valence-corrected chi connectivity index (χ1v) is 10.7. The molecule has 0 radical (unpaired) electrons. The number of aliphatic hydroxyl groups is 1. The molecular weight excluding hydrogens is 390 g/mol. The number of carboxylic acid groups (broad SMARTS) is 1. The van der Waals surface area contributed by atoms with Gasteiger partial charge in [-0.2, -0.15) is 0 Å². The zero-order chi connectivity index (χ0) is 21.8. The van der Waals surface area contributed by atoms with Crippen LogP contribution in [0.5, 0.6) is 0 Å². The van der Waals surface area contributed by atoms with Crippen molar-refractivity contribution in [3.05, 3.63) is 70.8 Å². The van der Waals surface area contributed by atoms with Crippen LogP contribution in [0.15, 0.2) is 59.0 Å². The molecule has 0 heterocycles. The molecule has 0 atom stereocenters. The van der Waals surface area contributed by atoms with Gasteiger partial charge in [0.15, 0.2) is 0 Å². The van der Waals surface area contributed by atoms with E-state index in [4.69, 9.17) is 0 Å². The molecule has 0 spiro atoms. The molecule has 0 saturated heterocycles. The van der Waals surface area contributed by atoms with Gasteiger partial charge in [0.05, 0.1) is 4.90 Å². The zero-order valence-electron chi connectivity index (χ0n) is 17.1. The maximum Gasteiger partial charge on any atom is 0.332 e. The van der Waals surface area contributed by atoms with Gasteiger partial charge < -0.3 is 10.2 Å². The Morgan fingerprint density at radius 2 is 1.45 bits per heavy atom. The molecule has 7 heteroatoms. The van der Waals surface area contributed by atoms with Crippen LogP contribution in [0, 0.1) is 6.92 Å². The molecule has 6 nitrogen and oxygen atoms in total. The highest BCUT2D eigenvalue weighted by atomic mass is 32.2. The molecule has 0 amide bonds. The van der Waals surface area contributed by atoms with Crippen molar-refractivity contribution in [3.63, 3.8) is 0 Å². The first kappa shape index (κ1) is 22.8. The lowest BCUT2D eigenvalue weighted by molar-refractivity contribution is -0.132. The van der Waals surface area contributed by atoms with E-state index in [-0.39, 0.29) is 23.5 Å². The van der Waals surface area contributed by atoms with Gasteiger partial charge in [0.25, 0.3) is 0 Å². The van der Waals surface area contributed by atoms with Crippen molar-refractivity contribution >= 4 is 21.6 Å². The minimum atomic E-state index is -3.70. The van der Waals surface area contributed by atoms with E-state index >= 15 is 0 Å². The van der Waals surface area contributed by atoms with Crippen LogP contribution in [-0.2, 0) is 14.8 Å². The van der Waals surface area contributed by atoms with E-state index in [9.17, 15) is 23.4 Å². The number of carbonyl (C=O) groups is 1. The topological polar surface area (TPSA) is 104 Å². The molecule has 2 aromatic rings. The summed E-state index contributed by atoms with van der Waals surface area (Å²) in [6, 6.07) is 13.5. The number of aryl methyl sites for hydroxylation is 1. The highest BCUT2D eigenvalue weighted by Crippen LogP contribution is 2.30. The monoisotopic (exact) mass is 417 g/mol. The van der Waals surface area contributed by atoms with Crippen LogP contribution in [0.25, 0.3) is 5.57 Å². The Morgan fingerprint density at radius 1 is 0.966 bits per heavy atom. The molecule has 156 valence electrons. The third kappa shape index (κ3) is 6.00. The molecule has 29 heavy (non-hydrogen) atoms. The third-order valence-corrected chi connectivity index (χ3v) is 5.93. The lowest BCUT2D eigenvalue weighted by Gasteiger charge is -2.20. The van der Waals surface area contributed by atoms with Crippen LogP contribution >= 0.6 is 0 Å². The number of rotatable bonds is 7. The van der Waals surface area contributed by atoms with Gasteiger partial charge in [0, 0.05) is 24.1 Å². The van der Waals surface area contributed by atoms with Crippen molar-refractivity contribution in [3.8, 4) is 0 Å². The number of carboxylic acids is 1. The van der Waals surface area contributed by atoms with E-state index in [2.05, 4.69) is 4.72 Å². The summed E-state index contributed by atoms with van der Waals surface area (Å²) < 4.78 is 27.7. The smallest absolute Gasteiger partial charge is 0.332 e. The summed E-state index contributed by atoms with van der Waals surface area (Å²) >= 11 is 0. The summed E-state index contributed by atoms with van der Waals surface area (Å²) in [5, 5.41) is 19.0. The Hall–Kier alpha value is -2.48. The summed E-state index contributed by atoms with van der Waals surface area (Å²) in [6.45, 7) is 6.89. The average Bonchev–Trinajstić information content (AvgIpc) is 2.61. The van der Waals surface area contributed by atoms with Gasteiger partial charge in [-0.25, -0.2) is 17.9 Å². The molecule has 2 rings (SSSR count). The van der Waals surface area contributed by atoms with E-state index in [0.717, 1.165) is 5.56 Å². The molecule has 2 aromatic carbocycles. The Morgan fingerprint density at radius 3 is 1.86 bits per heavy atom. The number of benzene rings is 2. The average molecular weight is 418 g/mol. The van der Waals surface area contributed by atoms with Crippen LogP contribution in [0.2, 0.25) is 0 Å². The second-order valence-electron chi connectivity index (χ2n) is 7.88. The van der Waals surface area contributed by atoms with Gasteiger partial charge in [-0.1, -0.05) is 42.0 Å². The number of hydrogen-bond acceptors (Lipinski definition) is 4. The van der Waals surface area contributed by atoms with E-state index in [0.29, 0.717) is 16.7 Å². The quantitative estimate of drug-likeness (QED) is 0.600. The molecular formula is C22H27NO5S. The first-order valence-electron chi connectivity index (χ1n) is 9.23. The predicted molar refractivity (Wildman–Crippen MR) is 113 cm³/mol. The molecule has 0 aliphatic rings. The Bertz CT molecular complexity index is 999. The van der Waals surface area contributed by atoms with Gasteiger partial charge in [0.1, 0.15) is 0 Å². The van der Waals surface area contributed by atoms with Crippen LogP contribution in [0.1, 0.15) is 43.9 Å². The van der Waals surface area contributed by atoms with Crippen molar-refractivity contribution < 1.29 is 23.4 Å². The zero-order valence-corrected chi connectivity index (χ0v) is 17.9. The molecule has 0 aromatic heterocycles. The fourth-order valence-corrected chi connectivity index (χ4v) is 4.37. The third-order valence-electron chi connectivity index (χ3n) is 4.16. The van der Waals surface area contributed by atoms with E-state index in [1.165, 1.54) is 12.1 Å². The van der Waals surface area contributed by atoms with Crippen LogP contribution in [-0.4, -0.2) is 36.7 Å². The second-order valence-corrected chi connectivity index (χ2v) is 9.56. The fraction of sp³-hybridized carbons (Fsp3) is 0.318. The second kappa shape index (κ2) is 8.90. The number of sulfonamides is 1. The highest BCUT2D eigenvalue weighted by molar-refractivity contribution is 7.89. The number of aliphatic carboxylic acids is 1. The fourth-order valence-electron chi connectivity index (χ4n) is 2.95. The summed E-state index contributed by atoms with van der Waals surface area (Å²) in [5.41, 5.74) is 2.18. The minimum absolute atomic E-state index is 0.0236. The number of aliphatic hydroxyl groups excluding tert-OH is 1. The summed E-state index contributed by atoms with van der Waals surface area (Å²) in [4.78, 5) is 11.9. The SMILES string of the molecule is Cc1ccc(/C(=C(/CCO)C(=O)O)c2ccc(S(=O)(=O)NC(C)(C)C)cc2)cc1. The predicted octanol–water partition coefficient (Wildman–Crippen LogP) is 3.34. The molecule has 0 fully saturated rings. The van der Waals surface area contributed by atoms with Crippen molar-refractivity contribution in [2.24, 2.45) is 0 Å². The summed E-state index contributed by atoms with van der Waals surface area (Å²) in [6.07, 6.45) is -0.0236. The van der Waals surface area contributed by atoms with Crippen molar-refractivity contribution in [1.82, 2.24) is 4.72 Å². The highest BCUT2D eigenvalue weighted by Gasteiger charge is 2.23. The maximum absolute atomic E-state index is 12.5. The molecule has 0 aliphatic heterocycles. The minimum Gasteiger partial charge on any atom is -0.478 e. The van der Waals surface area contributed by atoms with Gasteiger partial charge in [0.2, 0.25) is 10.0 Å². The normalized spacial score (nSPS) is 13.1. The lowest BCUT2D eigenvalue weighted by atomic mass is 9.91. The molecule has 0 aliphatic carbocycles. The van der Waals surface area contributed by atoms with E-state index < -0.39 is 21.5 Å². The van der Waals surface area contributed by atoms with Crippen LogP contribution in [0.4, 0.5) is 0 Å². The molecule has 0 bridgehead atoms. The van der Waals surface area contributed by atoms with Gasteiger partial charge in [-0.05, 0) is 56.5 Å². The van der Waals surface area contributed by atoms with Crippen molar-refractivity contribution in [2.75, 3.05) is 6.61 Å². The lowest BCUT2D eigenvalue weighted by Crippen LogP contribution is -2.40. The van der Waals surface area contributed by atoms with E-state index in [1.807, 2.05) is 31.2 Å². The standard InChI is InChI=1S/C22H27NO5S/c1-15-5-7-16(8-6-15)20(19(13-14-24)21(25)26)17-9-11-18(12-10-17)29(27,28)23-22(2,3)4/h5-12,23-24H,13-14H2,1-4H3,(H,25,26)/b20-19+. The van der Waals surface area contributed by atoms with E-state index in [1.54, 1.807) is 32.9 Å². The Balaban J connectivity index is 2.59. The van der Waals surface area contributed by atoms with Gasteiger partial charge in [-0.3, -0.25) is 0 Å². The molecule has 0 saturated carbocycles. The summed E-state index contributed by atoms with van der Waals surface area (Å²) in [5.74, 6) is -1.12. The number of hydrogen-bond donors (Lipinski definition) is 3. The van der Waals surface area contributed by atoms with Gasteiger partial charge >= 0.3 is 5.97 Å². The Kier molecular flexibility index (Phi) is 7.00. The summed E-state index contributed by atoms with van der Waals surface area (Å²) in [7, 11) is -3.70. The van der Waals surface area contributed by atoms with Crippen LogP contribution in [0.3, 0.4) is 0 Å². The van der Waals surface area contributed by atoms with Crippen molar-refractivity contribution in [2.45, 2.75) is 44.6 Å². The molecule has 3 N–H and O–H groups in total. The van der Waals surface area contributed by atoms with Crippen LogP contribution < -0.4 is 4.72 Å². The first-order chi connectivity index (χ1) is 13.4.